The normalized spacial score (nSPS) is 14.7. The Labute approximate surface area is 165 Å². The van der Waals surface area contributed by atoms with Crippen LogP contribution in [0.25, 0.3) is 0 Å². The molecule has 1 aliphatic heterocycles. The lowest BCUT2D eigenvalue weighted by molar-refractivity contribution is 0.0594. The van der Waals surface area contributed by atoms with Crippen molar-refractivity contribution in [2.24, 2.45) is 0 Å². The number of benzene rings is 1. The van der Waals surface area contributed by atoms with Gasteiger partial charge in [-0.05, 0) is 31.2 Å². The van der Waals surface area contributed by atoms with E-state index in [2.05, 4.69) is 10.3 Å². The summed E-state index contributed by atoms with van der Waals surface area (Å²) >= 11 is 0. The number of carbonyl (C=O) groups is 2. The molecule has 2 aromatic rings. The standard InChI is InChI=1S/C21H27N3O4/c1-15-19(6-9-22-15)21(26)24-11-7-17(8-12-24)28-18-5-3-4-16(14-18)20(25)23-10-13-27-2/h3-6,9,14,17,22H,7-8,10-13H2,1-2H3,(H,23,25). The summed E-state index contributed by atoms with van der Waals surface area (Å²) in [5.74, 6) is 0.586. The maximum absolute atomic E-state index is 12.6. The number of methoxy groups -OCH3 is 1. The Morgan fingerprint density at radius 1 is 1.25 bits per heavy atom. The monoisotopic (exact) mass is 385 g/mol. The number of carbonyl (C=O) groups excluding carboxylic acids is 2. The molecule has 7 nitrogen and oxygen atoms in total. The van der Waals surface area contributed by atoms with Gasteiger partial charge in [0.2, 0.25) is 0 Å². The lowest BCUT2D eigenvalue weighted by Crippen LogP contribution is -2.41. The molecule has 2 N–H and O–H groups in total. The fraction of sp³-hybridized carbons (Fsp3) is 0.429. The number of likely N-dealkylation sites (tertiary alicyclic amines) is 1. The van der Waals surface area contributed by atoms with Crippen LogP contribution in [0.2, 0.25) is 0 Å². The lowest BCUT2D eigenvalue weighted by atomic mass is 10.1. The molecule has 2 amide bonds. The molecule has 1 fully saturated rings. The first-order chi connectivity index (χ1) is 13.6. The first-order valence-electron chi connectivity index (χ1n) is 9.55. The number of rotatable bonds is 7. The Kier molecular flexibility index (Phi) is 6.71. The number of hydrogen-bond donors (Lipinski definition) is 2. The van der Waals surface area contributed by atoms with Crippen LogP contribution >= 0.6 is 0 Å². The van der Waals surface area contributed by atoms with Gasteiger partial charge in [0, 0.05) is 57.0 Å². The number of nitrogens with one attached hydrogen (secondary N) is 2. The second kappa shape index (κ2) is 9.41. The van der Waals surface area contributed by atoms with Crippen molar-refractivity contribution < 1.29 is 19.1 Å². The second-order valence-electron chi connectivity index (χ2n) is 6.90. The molecule has 0 aliphatic carbocycles. The van der Waals surface area contributed by atoms with E-state index in [9.17, 15) is 9.59 Å². The Morgan fingerprint density at radius 2 is 2.04 bits per heavy atom. The van der Waals surface area contributed by atoms with Crippen molar-refractivity contribution in [3.63, 3.8) is 0 Å². The van der Waals surface area contributed by atoms with E-state index < -0.39 is 0 Å². The number of nitrogens with zero attached hydrogens (tertiary/aromatic N) is 1. The van der Waals surface area contributed by atoms with E-state index in [-0.39, 0.29) is 17.9 Å². The molecule has 0 saturated carbocycles. The zero-order valence-electron chi connectivity index (χ0n) is 16.4. The van der Waals surface area contributed by atoms with Gasteiger partial charge in [0.05, 0.1) is 12.2 Å². The molecule has 3 rings (SSSR count). The summed E-state index contributed by atoms with van der Waals surface area (Å²) in [4.78, 5) is 29.7. The lowest BCUT2D eigenvalue weighted by Gasteiger charge is -2.32. The van der Waals surface area contributed by atoms with Crippen LogP contribution in [0.4, 0.5) is 0 Å². The van der Waals surface area contributed by atoms with Gasteiger partial charge in [-0.25, -0.2) is 0 Å². The van der Waals surface area contributed by atoms with Crippen molar-refractivity contribution >= 4 is 11.8 Å². The van der Waals surface area contributed by atoms with Crippen molar-refractivity contribution in [1.82, 2.24) is 15.2 Å². The second-order valence-corrected chi connectivity index (χ2v) is 6.90. The predicted octanol–water partition coefficient (Wildman–Crippen LogP) is 2.38. The van der Waals surface area contributed by atoms with Gasteiger partial charge in [-0.2, -0.15) is 0 Å². The van der Waals surface area contributed by atoms with E-state index in [4.69, 9.17) is 9.47 Å². The van der Waals surface area contributed by atoms with Gasteiger partial charge in [-0.1, -0.05) is 6.07 Å². The topological polar surface area (TPSA) is 83.7 Å². The molecular formula is C21H27N3O4. The highest BCUT2D eigenvalue weighted by atomic mass is 16.5. The summed E-state index contributed by atoms with van der Waals surface area (Å²) in [5.41, 5.74) is 2.18. The van der Waals surface area contributed by atoms with E-state index in [0.717, 1.165) is 24.1 Å². The maximum atomic E-state index is 12.6. The number of piperidine rings is 1. The minimum absolute atomic E-state index is 0.0307. The van der Waals surface area contributed by atoms with Gasteiger partial charge in [-0.15, -0.1) is 0 Å². The molecule has 0 bridgehead atoms. The Hall–Kier alpha value is -2.80. The van der Waals surface area contributed by atoms with Crippen molar-refractivity contribution in [3.8, 4) is 5.75 Å². The maximum Gasteiger partial charge on any atom is 0.255 e. The molecule has 7 heteroatoms. The van der Waals surface area contributed by atoms with Crippen LogP contribution < -0.4 is 10.1 Å². The van der Waals surface area contributed by atoms with Crippen LogP contribution in [0.15, 0.2) is 36.5 Å². The fourth-order valence-corrected chi connectivity index (χ4v) is 3.30. The summed E-state index contributed by atoms with van der Waals surface area (Å²) in [6.45, 7) is 4.16. The molecule has 1 saturated heterocycles. The summed E-state index contributed by atoms with van der Waals surface area (Å²) in [7, 11) is 1.60. The Balaban J connectivity index is 1.52. The number of amides is 2. The summed E-state index contributed by atoms with van der Waals surface area (Å²) in [5, 5.41) is 2.80. The van der Waals surface area contributed by atoms with E-state index in [1.165, 1.54) is 0 Å². The molecule has 1 aliphatic rings. The van der Waals surface area contributed by atoms with Crippen LogP contribution in [0.1, 0.15) is 39.3 Å². The highest BCUT2D eigenvalue weighted by Crippen LogP contribution is 2.22. The molecule has 0 radical (unpaired) electrons. The molecule has 1 aromatic carbocycles. The van der Waals surface area contributed by atoms with Crippen LogP contribution in [-0.4, -0.2) is 61.2 Å². The average molecular weight is 385 g/mol. The van der Waals surface area contributed by atoms with Crippen molar-refractivity contribution in [2.75, 3.05) is 33.4 Å². The first kappa shape index (κ1) is 19.9. The zero-order valence-corrected chi connectivity index (χ0v) is 16.4. The van der Waals surface area contributed by atoms with Crippen LogP contribution in [0, 0.1) is 6.92 Å². The summed E-state index contributed by atoms with van der Waals surface area (Å²) in [6, 6.07) is 9.00. The highest BCUT2D eigenvalue weighted by Gasteiger charge is 2.25. The van der Waals surface area contributed by atoms with E-state index in [1.54, 1.807) is 25.4 Å². The Morgan fingerprint density at radius 3 is 2.71 bits per heavy atom. The smallest absolute Gasteiger partial charge is 0.255 e. The number of aromatic amines is 1. The molecule has 1 aromatic heterocycles. The van der Waals surface area contributed by atoms with E-state index in [0.29, 0.717) is 37.6 Å². The van der Waals surface area contributed by atoms with Crippen molar-refractivity contribution in [2.45, 2.75) is 25.9 Å². The van der Waals surface area contributed by atoms with Crippen LogP contribution in [-0.2, 0) is 4.74 Å². The van der Waals surface area contributed by atoms with Crippen molar-refractivity contribution in [1.29, 1.82) is 0 Å². The van der Waals surface area contributed by atoms with E-state index in [1.807, 2.05) is 30.0 Å². The molecule has 2 heterocycles. The molecule has 28 heavy (non-hydrogen) atoms. The van der Waals surface area contributed by atoms with Gasteiger partial charge in [0.15, 0.2) is 0 Å². The van der Waals surface area contributed by atoms with Crippen LogP contribution in [0.5, 0.6) is 5.75 Å². The first-order valence-corrected chi connectivity index (χ1v) is 9.55. The number of aryl methyl sites for hydroxylation is 1. The largest absolute Gasteiger partial charge is 0.490 e. The third kappa shape index (κ3) is 4.92. The molecule has 0 spiro atoms. The summed E-state index contributed by atoms with van der Waals surface area (Å²) in [6.07, 6.45) is 3.35. The fourth-order valence-electron chi connectivity index (χ4n) is 3.30. The predicted molar refractivity (Wildman–Crippen MR) is 106 cm³/mol. The molecular weight excluding hydrogens is 358 g/mol. The van der Waals surface area contributed by atoms with Crippen molar-refractivity contribution in [3.05, 3.63) is 53.3 Å². The number of hydrogen-bond acceptors (Lipinski definition) is 4. The molecule has 0 unspecified atom stereocenters. The number of ether oxygens (including phenoxy) is 2. The molecule has 150 valence electrons. The average Bonchev–Trinajstić information content (AvgIpc) is 3.14. The minimum atomic E-state index is -0.148. The van der Waals surface area contributed by atoms with Gasteiger partial charge in [0.25, 0.3) is 11.8 Å². The third-order valence-electron chi connectivity index (χ3n) is 4.90. The summed E-state index contributed by atoms with van der Waals surface area (Å²) < 4.78 is 11.0. The van der Waals surface area contributed by atoms with Gasteiger partial charge >= 0.3 is 0 Å². The zero-order chi connectivity index (χ0) is 19.9. The Bertz CT molecular complexity index is 809. The van der Waals surface area contributed by atoms with E-state index >= 15 is 0 Å². The quantitative estimate of drug-likeness (QED) is 0.717. The van der Waals surface area contributed by atoms with Crippen LogP contribution in [0.3, 0.4) is 0 Å². The van der Waals surface area contributed by atoms with Gasteiger partial charge in [-0.3, -0.25) is 9.59 Å². The molecule has 0 atom stereocenters. The minimum Gasteiger partial charge on any atom is -0.490 e. The number of H-pyrrole nitrogens is 1. The number of aromatic nitrogens is 1. The highest BCUT2D eigenvalue weighted by molar-refractivity contribution is 5.95. The third-order valence-corrected chi connectivity index (χ3v) is 4.90. The van der Waals surface area contributed by atoms with Gasteiger partial charge < -0.3 is 24.7 Å². The SMILES string of the molecule is COCCNC(=O)c1cccc(OC2CCN(C(=O)c3cc[nH]c3C)CC2)c1. The van der Waals surface area contributed by atoms with Gasteiger partial charge in [0.1, 0.15) is 11.9 Å².